The summed E-state index contributed by atoms with van der Waals surface area (Å²) < 4.78 is 11.2. The molecule has 2 aromatic carbocycles. The van der Waals surface area contributed by atoms with E-state index < -0.39 is 4.92 Å². The number of nitro groups is 1. The smallest absolute Gasteiger partial charge is 0.293 e. The Morgan fingerprint density at radius 2 is 1.91 bits per heavy atom. The van der Waals surface area contributed by atoms with Gasteiger partial charge in [-0.15, -0.1) is 0 Å². The Labute approximate surface area is 194 Å². The molecule has 3 rings (SSSR count). The molecule has 8 nitrogen and oxygen atoms in total. The van der Waals surface area contributed by atoms with Crippen molar-refractivity contribution in [1.82, 2.24) is 4.90 Å². The molecular weight excluding hydrogens is 456 g/mol. The van der Waals surface area contributed by atoms with Gasteiger partial charge in [-0.3, -0.25) is 24.6 Å². The van der Waals surface area contributed by atoms with E-state index in [0.717, 1.165) is 17.3 Å². The minimum atomic E-state index is -0.471. The first-order chi connectivity index (χ1) is 15.2. The van der Waals surface area contributed by atoms with Gasteiger partial charge in [0.15, 0.2) is 11.5 Å². The second kappa shape index (κ2) is 10.1. The molecule has 0 aliphatic carbocycles. The zero-order chi connectivity index (χ0) is 23.4. The highest BCUT2D eigenvalue weighted by Crippen LogP contribution is 2.39. The summed E-state index contributed by atoms with van der Waals surface area (Å²) in [5, 5.41) is 10.7. The topological polar surface area (TPSA) is 99.0 Å². The number of nitrogens with zero attached hydrogens (tertiary/aromatic N) is 2. The molecule has 0 aromatic heterocycles. The summed E-state index contributed by atoms with van der Waals surface area (Å²) in [5.41, 5.74) is 1.30. The van der Waals surface area contributed by atoms with Gasteiger partial charge in [-0.2, -0.15) is 0 Å². The van der Waals surface area contributed by atoms with E-state index in [-0.39, 0.29) is 34.4 Å². The number of nitro benzene ring substituents is 1. The van der Waals surface area contributed by atoms with Crippen molar-refractivity contribution < 1.29 is 24.0 Å². The van der Waals surface area contributed by atoms with Crippen LogP contribution in [0.3, 0.4) is 0 Å². The molecule has 1 heterocycles. The van der Waals surface area contributed by atoms with Gasteiger partial charge < -0.3 is 9.47 Å². The van der Waals surface area contributed by atoms with Gasteiger partial charge in [-0.25, -0.2) is 0 Å². The number of benzene rings is 2. The first kappa shape index (κ1) is 23.6. The van der Waals surface area contributed by atoms with Crippen LogP contribution in [0.25, 0.3) is 6.08 Å². The van der Waals surface area contributed by atoms with E-state index in [2.05, 4.69) is 0 Å². The number of thioether (sulfide) groups is 1. The molecular formula is C22H21ClN2O6S. The van der Waals surface area contributed by atoms with Gasteiger partial charge >= 0.3 is 0 Å². The Kier molecular flexibility index (Phi) is 7.42. The predicted molar refractivity (Wildman–Crippen MR) is 123 cm³/mol. The van der Waals surface area contributed by atoms with E-state index in [4.69, 9.17) is 21.1 Å². The summed E-state index contributed by atoms with van der Waals surface area (Å²) in [6.07, 6.45) is 1.60. The number of imide groups is 1. The molecule has 0 spiro atoms. The van der Waals surface area contributed by atoms with E-state index in [9.17, 15) is 19.7 Å². The predicted octanol–water partition coefficient (Wildman–Crippen LogP) is 5.53. The summed E-state index contributed by atoms with van der Waals surface area (Å²) in [6.45, 7) is 4.36. The van der Waals surface area contributed by atoms with E-state index in [1.54, 1.807) is 30.3 Å². The average Bonchev–Trinajstić information content (AvgIpc) is 2.99. The molecule has 10 heteroatoms. The molecule has 1 aliphatic heterocycles. The summed E-state index contributed by atoms with van der Waals surface area (Å²) in [7, 11) is 1.46. The van der Waals surface area contributed by atoms with Crippen molar-refractivity contribution >= 4 is 46.3 Å². The maximum Gasteiger partial charge on any atom is 0.293 e. The van der Waals surface area contributed by atoms with E-state index >= 15 is 0 Å². The van der Waals surface area contributed by atoms with Crippen molar-refractivity contribution in [2.24, 2.45) is 5.92 Å². The number of methoxy groups -OCH3 is 1. The van der Waals surface area contributed by atoms with Crippen molar-refractivity contribution in [3.63, 3.8) is 0 Å². The SMILES string of the molecule is COc1cc(/C=C2/SC(=O)N(CC(C)C)C2=O)cc(Cl)c1OCc1ccc([N+](=O)[O-])cc1. The zero-order valence-corrected chi connectivity index (χ0v) is 19.2. The minimum Gasteiger partial charge on any atom is -0.493 e. The standard InChI is InChI=1S/C22H21ClN2O6S/c1-13(2)11-24-21(26)19(32-22(24)27)10-15-8-17(23)20(18(9-15)30-3)31-12-14-4-6-16(7-5-14)25(28)29/h4-10,13H,11-12H2,1-3H3/b19-10+. The van der Waals surface area contributed by atoms with Crippen LogP contribution in [0.15, 0.2) is 41.3 Å². The molecule has 0 bridgehead atoms. The summed E-state index contributed by atoms with van der Waals surface area (Å²) in [6, 6.07) is 9.26. The number of hydrogen-bond donors (Lipinski definition) is 0. The van der Waals surface area contributed by atoms with Gasteiger partial charge in [-0.05, 0) is 59.1 Å². The van der Waals surface area contributed by atoms with Crippen LogP contribution < -0.4 is 9.47 Å². The highest BCUT2D eigenvalue weighted by Gasteiger charge is 2.35. The van der Waals surface area contributed by atoms with Gasteiger partial charge in [0.1, 0.15) is 6.61 Å². The highest BCUT2D eigenvalue weighted by atomic mass is 35.5. The third-order valence-corrected chi connectivity index (χ3v) is 5.69. The van der Waals surface area contributed by atoms with Crippen LogP contribution in [0.5, 0.6) is 11.5 Å². The van der Waals surface area contributed by atoms with Crippen LogP contribution in [0.4, 0.5) is 10.5 Å². The first-order valence-electron chi connectivity index (χ1n) is 9.68. The first-order valence-corrected chi connectivity index (χ1v) is 10.9. The van der Waals surface area contributed by atoms with Crippen molar-refractivity contribution in [1.29, 1.82) is 0 Å². The average molecular weight is 477 g/mol. The van der Waals surface area contributed by atoms with E-state index in [0.29, 0.717) is 28.5 Å². The number of non-ortho nitro benzene ring substituents is 1. The summed E-state index contributed by atoms with van der Waals surface area (Å²) >= 11 is 7.29. The van der Waals surface area contributed by atoms with Crippen molar-refractivity contribution in [3.05, 3.63) is 67.6 Å². The third-order valence-electron chi connectivity index (χ3n) is 4.50. The molecule has 0 radical (unpaired) electrons. The van der Waals surface area contributed by atoms with E-state index in [1.165, 1.54) is 24.1 Å². The largest absolute Gasteiger partial charge is 0.493 e. The molecule has 32 heavy (non-hydrogen) atoms. The highest BCUT2D eigenvalue weighted by molar-refractivity contribution is 8.18. The lowest BCUT2D eigenvalue weighted by Gasteiger charge is -2.14. The van der Waals surface area contributed by atoms with Gasteiger partial charge in [0, 0.05) is 18.7 Å². The number of carbonyl (C=O) groups is 2. The number of rotatable bonds is 8. The Hall–Kier alpha value is -3.04. The number of ether oxygens (including phenoxy) is 2. The van der Waals surface area contributed by atoms with Crippen LogP contribution in [-0.2, 0) is 11.4 Å². The fourth-order valence-electron chi connectivity index (χ4n) is 3.01. The molecule has 0 unspecified atom stereocenters. The second-order valence-electron chi connectivity index (χ2n) is 7.43. The quantitative estimate of drug-likeness (QED) is 0.280. The molecule has 2 aromatic rings. The Morgan fingerprint density at radius 1 is 1.22 bits per heavy atom. The van der Waals surface area contributed by atoms with Gasteiger partial charge in [0.25, 0.3) is 16.8 Å². The second-order valence-corrected chi connectivity index (χ2v) is 8.83. The molecule has 1 aliphatic rings. The number of carbonyl (C=O) groups excluding carboxylic acids is 2. The van der Waals surface area contributed by atoms with Crippen LogP contribution in [0.1, 0.15) is 25.0 Å². The number of hydrogen-bond acceptors (Lipinski definition) is 7. The fourth-order valence-corrected chi connectivity index (χ4v) is 4.13. The third kappa shape index (κ3) is 5.41. The molecule has 1 saturated heterocycles. The van der Waals surface area contributed by atoms with Gasteiger partial charge in [0.05, 0.1) is 22.0 Å². The lowest BCUT2D eigenvalue weighted by molar-refractivity contribution is -0.384. The fraction of sp³-hybridized carbons (Fsp3) is 0.273. The number of halogens is 1. The van der Waals surface area contributed by atoms with Crippen molar-refractivity contribution in [2.75, 3.05) is 13.7 Å². The van der Waals surface area contributed by atoms with Crippen LogP contribution >= 0.6 is 23.4 Å². The van der Waals surface area contributed by atoms with Crippen molar-refractivity contribution in [2.45, 2.75) is 20.5 Å². The van der Waals surface area contributed by atoms with Crippen LogP contribution in [0.2, 0.25) is 5.02 Å². The normalized spacial score (nSPS) is 15.0. The lowest BCUT2D eigenvalue weighted by Crippen LogP contribution is -2.31. The Morgan fingerprint density at radius 3 is 2.50 bits per heavy atom. The number of amides is 2. The molecule has 1 fully saturated rings. The summed E-state index contributed by atoms with van der Waals surface area (Å²) in [5.74, 6) is 0.497. The zero-order valence-electron chi connectivity index (χ0n) is 17.7. The Balaban J connectivity index is 1.79. The molecule has 0 saturated carbocycles. The van der Waals surface area contributed by atoms with Crippen LogP contribution in [-0.4, -0.2) is 34.6 Å². The van der Waals surface area contributed by atoms with Crippen LogP contribution in [0, 0.1) is 16.0 Å². The Bertz CT molecular complexity index is 1080. The molecule has 168 valence electrons. The molecule has 2 amide bonds. The molecule has 0 atom stereocenters. The van der Waals surface area contributed by atoms with Gasteiger partial charge in [-0.1, -0.05) is 25.4 Å². The summed E-state index contributed by atoms with van der Waals surface area (Å²) in [4.78, 5) is 36.6. The van der Waals surface area contributed by atoms with Crippen molar-refractivity contribution in [3.8, 4) is 11.5 Å². The lowest BCUT2D eigenvalue weighted by atomic mass is 10.1. The van der Waals surface area contributed by atoms with Gasteiger partial charge in [0.2, 0.25) is 0 Å². The monoisotopic (exact) mass is 476 g/mol. The van der Waals surface area contributed by atoms with E-state index in [1.807, 2.05) is 13.8 Å². The maximum atomic E-state index is 12.6. The molecule has 0 N–H and O–H groups in total. The minimum absolute atomic E-state index is 0.00785. The maximum absolute atomic E-state index is 12.6.